The molecule has 0 bridgehead atoms. The molecule has 0 aromatic heterocycles. The maximum absolute atomic E-state index is 10.2. The minimum atomic E-state index is -0.0852. The van der Waals surface area contributed by atoms with Crippen molar-refractivity contribution in [3.63, 3.8) is 0 Å². The fourth-order valence-corrected chi connectivity index (χ4v) is 8.58. The highest BCUT2D eigenvalue weighted by molar-refractivity contribution is 5.25. The summed E-state index contributed by atoms with van der Waals surface area (Å²) in [5.41, 5.74) is 3.90. The molecule has 164 valence electrons. The Morgan fingerprint density at radius 3 is 2.59 bits per heavy atom. The third-order valence-corrected chi connectivity index (χ3v) is 10.7. The van der Waals surface area contributed by atoms with Gasteiger partial charge in [0.1, 0.15) is 0 Å². The highest BCUT2D eigenvalue weighted by atomic mass is 16.3. The molecule has 1 N–H and O–H groups in total. The first kappa shape index (κ1) is 21.7. The van der Waals surface area contributed by atoms with Gasteiger partial charge >= 0.3 is 0 Å². The summed E-state index contributed by atoms with van der Waals surface area (Å²) < 4.78 is 0. The van der Waals surface area contributed by atoms with E-state index >= 15 is 0 Å². The van der Waals surface area contributed by atoms with Crippen molar-refractivity contribution < 1.29 is 5.11 Å². The van der Waals surface area contributed by atoms with Gasteiger partial charge in [0.2, 0.25) is 0 Å². The molecule has 0 saturated heterocycles. The predicted octanol–water partition coefficient (Wildman–Crippen LogP) is 7.55. The lowest BCUT2D eigenvalue weighted by atomic mass is 9.47. The second kappa shape index (κ2) is 7.85. The van der Waals surface area contributed by atoms with Crippen LogP contribution in [0.5, 0.6) is 0 Å². The zero-order chi connectivity index (χ0) is 21.0. The quantitative estimate of drug-likeness (QED) is 0.474. The van der Waals surface area contributed by atoms with Crippen LogP contribution in [-0.2, 0) is 0 Å². The molecule has 29 heavy (non-hydrogen) atoms. The van der Waals surface area contributed by atoms with E-state index in [2.05, 4.69) is 47.3 Å². The zero-order valence-electron chi connectivity index (χ0n) is 19.8. The molecule has 0 aromatic rings. The molecular weight excluding hydrogens is 352 g/mol. The number of allylic oxidation sites excluding steroid dienone is 2. The molecule has 0 spiro atoms. The van der Waals surface area contributed by atoms with Crippen molar-refractivity contribution >= 4 is 0 Å². The van der Waals surface area contributed by atoms with Gasteiger partial charge in [-0.25, -0.2) is 0 Å². The van der Waals surface area contributed by atoms with Crippen molar-refractivity contribution in [1.29, 1.82) is 0 Å². The van der Waals surface area contributed by atoms with E-state index in [1.807, 2.05) is 0 Å². The fraction of sp³-hybridized carbons (Fsp3) is 0.857. The summed E-state index contributed by atoms with van der Waals surface area (Å²) in [6, 6.07) is 0. The lowest BCUT2D eigenvalue weighted by Gasteiger charge is -2.58. The third-order valence-electron chi connectivity index (χ3n) is 10.7. The molecule has 9 atom stereocenters. The van der Waals surface area contributed by atoms with E-state index in [0.717, 1.165) is 42.4 Å². The van der Waals surface area contributed by atoms with Crippen LogP contribution in [0.15, 0.2) is 23.8 Å². The Balaban J connectivity index is 1.49. The number of rotatable bonds is 5. The highest BCUT2D eigenvalue weighted by Gasteiger charge is 2.59. The molecule has 3 saturated carbocycles. The van der Waals surface area contributed by atoms with E-state index in [9.17, 15) is 5.11 Å². The molecule has 1 heteroatoms. The minimum Gasteiger partial charge on any atom is -0.393 e. The summed E-state index contributed by atoms with van der Waals surface area (Å²) in [6.07, 6.45) is 15.4. The van der Waals surface area contributed by atoms with E-state index in [1.165, 1.54) is 56.9 Å². The van der Waals surface area contributed by atoms with Crippen molar-refractivity contribution in [2.75, 3.05) is 0 Å². The summed E-state index contributed by atoms with van der Waals surface area (Å²) in [5, 5.41) is 10.2. The van der Waals surface area contributed by atoms with Crippen LogP contribution < -0.4 is 0 Å². The second-order valence-electron chi connectivity index (χ2n) is 12.2. The minimum absolute atomic E-state index is 0.0852. The van der Waals surface area contributed by atoms with Crippen LogP contribution in [0.1, 0.15) is 98.8 Å². The van der Waals surface area contributed by atoms with Crippen LogP contribution >= 0.6 is 0 Å². The van der Waals surface area contributed by atoms with Gasteiger partial charge in [-0.05, 0) is 117 Å². The van der Waals surface area contributed by atoms with E-state index in [0.29, 0.717) is 16.7 Å². The van der Waals surface area contributed by atoms with Gasteiger partial charge in [-0.3, -0.25) is 0 Å². The Morgan fingerprint density at radius 2 is 1.86 bits per heavy atom. The topological polar surface area (TPSA) is 20.2 Å². The first-order valence-electron chi connectivity index (χ1n) is 12.7. The van der Waals surface area contributed by atoms with Crippen molar-refractivity contribution in [1.82, 2.24) is 0 Å². The van der Waals surface area contributed by atoms with Crippen LogP contribution in [-0.4, -0.2) is 11.2 Å². The monoisotopic (exact) mass is 398 g/mol. The Labute approximate surface area is 180 Å². The normalized spacial score (nSPS) is 46.1. The van der Waals surface area contributed by atoms with E-state index in [-0.39, 0.29) is 6.10 Å². The Kier molecular flexibility index (Phi) is 5.86. The second-order valence-corrected chi connectivity index (χ2v) is 12.2. The molecule has 0 aliphatic heterocycles. The molecule has 1 nitrogen and oxygen atoms in total. The van der Waals surface area contributed by atoms with Gasteiger partial charge in [0.15, 0.2) is 0 Å². The van der Waals surface area contributed by atoms with Crippen LogP contribution in [0.2, 0.25) is 0 Å². The Bertz CT molecular complexity index is 661. The van der Waals surface area contributed by atoms with Crippen molar-refractivity contribution in [2.45, 2.75) is 105 Å². The highest BCUT2D eigenvalue weighted by Crippen LogP contribution is 2.67. The largest absolute Gasteiger partial charge is 0.393 e. The van der Waals surface area contributed by atoms with Gasteiger partial charge < -0.3 is 5.11 Å². The van der Waals surface area contributed by atoms with Gasteiger partial charge in [0.25, 0.3) is 0 Å². The maximum atomic E-state index is 10.2. The number of aliphatic hydroxyl groups is 1. The van der Waals surface area contributed by atoms with Crippen LogP contribution in [0.4, 0.5) is 0 Å². The van der Waals surface area contributed by atoms with Crippen molar-refractivity contribution in [2.24, 2.45) is 46.3 Å². The fourth-order valence-electron chi connectivity index (χ4n) is 8.58. The molecule has 4 aliphatic carbocycles. The maximum Gasteiger partial charge on any atom is 0.0577 e. The van der Waals surface area contributed by atoms with Gasteiger partial charge in [0.05, 0.1) is 6.10 Å². The summed E-state index contributed by atoms with van der Waals surface area (Å²) in [5.74, 6) is 5.11. The SMILES string of the molecule is C=C(C)C(C)CCC(C)C1CCC2C3CC=C4CC(O)CCC4(C)C3CCC12C. The Morgan fingerprint density at radius 1 is 1.10 bits per heavy atom. The van der Waals surface area contributed by atoms with Gasteiger partial charge in [-0.1, -0.05) is 51.5 Å². The molecule has 4 rings (SSSR count). The molecule has 9 unspecified atom stereocenters. The van der Waals surface area contributed by atoms with E-state index in [1.54, 1.807) is 5.57 Å². The van der Waals surface area contributed by atoms with Crippen molar-refractivity contribution in [3.05, 3.63) is 23.8 Å². The number of aliphatic hydroxyl groups excluding tert-OH is 1. The summed E-state index contributed by atoms with van der Waals surface area (Å²) in [4.78, 5) is 0. The zero-order valence-corrected chi connectivity index (χ0v) is 19.8. The third kappa shape index (κ3) is 3.58. The smallest absolute Gasteiger partial charge is 0.0577 e. The molecule has 0 radical (unpaired) electrons. The predicted molar refractivity (Wildman–Crippen MR) is 124 cm³/mol. The standard InChI is InChI=1S/C28H46O/c1-18(2)19(3)7-8-20(4)24-11-12-25-23-10-9-21-17-22(29)13-15-27(21,5)26(23)14-16-28(24,25)6/h9,19-20,22-26,29H,1,7-8,10-17H2,2-6H3. The summed E-state index contributed by atoms with van der Waals surface area (Å²) >= 11 is 0. The van der Waals surface area contributed by atoms with Gasteiger partial charge in [0, 0.05) is 0 Å². The first-order valence-corrected chi connectivity index (χ1v) is 12.7. The number of hydrogen-bond donors (Lipinski definition) is 1. The molecule has 0 aromatic carbocycles. The molecule has 0 amide bonds. The van der Waals surface area contributed by atoms with Crippen LogP contribution in [0.3, 0.4) is 0 Å². The number of fused-ring (bicyclic) bond motifs is 5. The van der Waals surface area contributed by atoms with Crippen LogP contribution in [0, 0.1) is 46.3 Å². The van der Waals surface area contributed by atoms with Crippen LogP contribution in [0.25, 0.3) is 0 Å². The van der Waals surface area contributed by atoms with Crippen molar-refractivity contribution in [3.8, 4) is 0 Å². The lowest BCUT2D eigenvalue weighted by molar-refractivity contribution is -0.0573. The van der Waals surface area contributed by atoms with Gasteiger partial charge in [-0.15, -0.1) is 0 Å². The summed E-state index contributed by atoms with van der Waals surface area (Å²) in [7, 11) is 0. The first-order chi connectivity index (χ1) is 13.7. The average Bonchev–Trinajstić information content (AvgIpc) is 3.03. The average molecular weight is 399 g/mol. The molecular formula is C28H46O. The van der Waals surface area contributed by atoms with E-state index < -0.39 is 0 Å². The number of hydrogen-bond acceptors (Lipinski definition) is 1. The van der Waals surface area contributed by atoms with Gasteiger partial charge in [-0.2, -0.15) is 0 Å². The van der Waals surface area contributed by atoms with E-state index in [4.69, 9.17) is 0 Å². The summed E-state index contributed by atoms with van der Waals surface area (Å²) in [6.45, 7) is 16.5. The lowest BCUT2D eigenvalue weighted by Crippen LogP contribution is -2.50. The molecule has 4 aliphatic rings. The molecule has 0 heterocycles. The molecule has 3 fully saturated rings. The Hall–Kier alpha value is -0.560.